The standard InChI is InChI=1S/C19H16F2N4O3/c1-2-3-10-27-12-8-9-14-13(11-12)17(25-24-14)23-19(26)22-15-6-4-5-7-16(15)28-18(20)21/h4-9,11,18H,10H2,1H3,(H3,22,23,24,25,26). The van der Waals surface area contributed by atoms with Gasteiger partial charge in [0.25, 0.3) is 0 Å². The van der Waals surface area contributed by atoms with Gasteiger partial charge in [0.2, 0.25) is 0 Å². The average Bonchev–Trinajstić information content (AvgIpc) is 3.05. The van der Waals surface area contributed by atoms with E-state index in [1.165, 1.54) is 18.2 Å². The molecule has 0 bridgehead atoms. The van der Waals surface area contributed by atoms with E-state index in [4.69, 9.17) is 4.74 Å². The fraction of sp³-hybridized carbons (Fsp3) is 0.158. The summed E-state index contributed by atoms with van der Waals surface area (Å²) >= 11 is 0. The lowest BCUT2D eigenvalue weighted by molar-refractivity contribution is -0.0493. The molecular weight excluding hydrogens is 370 g/mol. The van der Waals surface area contributed by atoms with E-state index in [1.54, 1.807) is 31.2 Å². The predicted molar refractivity (Wildman–Crippen MR) is 101 cm³/mol. The number of anilines is 2. The maximum atomic E-state index is 12.5. The zero-order chi connectivity index (χ0) is 19.9. The molecule has 0 saturated carbocycles. The van der Waals surface area contributed by atoms with E-state index < -0.39 is 12.6 Å². The zero-order valence-corrected chi connectivity index (χ0v) is 14.8. The lowest BCUT2D eigenvalue weighted by atomic mass is 10.2. The number of nitrogens with zero attached hydrogens (tertiary/aromatic N) is 1. The summed E-state index contributed by atoms with van der Waals surface area (Å²) in [5, 5.41) is 12.5. The van der Waals surface area contributed by atoms with Crippen molar-refractivity contribution < 1.29 is 23.0 Å². The summed E-state index contributed by atoms with van der Waals surface area (Å²) < 4.78 is 34.9. The third-order valence-electron chi connectivity index (χ3n) is 3.61. The number of aromatic amines is 1. The number of amides is 2. The summed E-state index contributed by atoms with van der Waals surface area (Å²) in [6, 6.07) is 10.4. The molecule has 2 aromatic carbocycles. The number of aromatic nitrogens is 2. The number of fused-ring (bicyclic) bond motifs is 1. The highest BCUT2D eigenvalue weighted by atomic mass is 19.3. The number of carbonyl (C=O) groups excluding carboxylic acids is 1. The van der Waals surface area contributed by atoms with Gasteiger partial charge in [0.15, 0.2) is 5.82 Å². The molecule has 0 fully saturated rings. The summed E-state index contributed by atoms with van der Waals surface area (Å²) in [5.41, 5.74) is 0.785. The highest BCUT2D eigenvalue weighted by Crippen LogP contribution is 2.27. The topological polar surface area (TPSA) is 88.3 Å². The lowest BCUT2D eigenvalue weighted by Crippen LogP contribution is -2.20. The van der Waals surface area contributed by atoms with Crippen LogP contribution in [0.25, 0.3) is 10.9 Å². The number of carbonyl (C=O) groups is 1. The van der Waals surface area contributed by atoms with Crippen molar-refractivity contribution in [1.82, 2.24) is 10.2 Å². The number of benzene rings is 2. The van der Waals surface area contributed by atoms with Crippen molar-refractivity contribution in [3.63, 3.8) is 0 Å². The molecular formula is C19H16F2N4O3. The van der Waals surface area contributed by atoms with Crippen LogP contribution in [0, 0.1) is 11.8 Å². The van der Waals surface area contributed by atoms with Gasteiger partial charge in [-0.2, -0.15) is 13.9 Å². The Morgan fingerprint density at radius 3 is 2.86 bits per heavy atom. The van der Waals surface area contributed by atoms with Crippen molar-refractivity contribution in [2.75, 3.05) is 17.2 Å². The van der Waals surface area contributed by atoms with Crippen LogP contribution in [0.1, 0.15) is 6.92 Å². The summed E-state index contributed by atoms with van der Waals surface area (Å²) in [4.78, 5) is 12.3. The number of para-hydroxylation sites is 2. The van der Waals surface area contributed by atoms with E-state index >= 15 is 0 Å². The van der Waals surface area contributed by atoms with E-state index in [9.17, 15) is 13.6 Å². The summed E-state index contributed by atoms with van der Waals surface area (Å²) in [5.74, 6) is 6.20. The maximum absolute atomic E-state index is 12.5. The molecule has 2 amide bonds. The van der Waals surface area contributed by atoms with Crippen LogP contribution in [0.4, 0.5) is 25.1 Å². The van der Waals surface area contributed by atoms with E-state index in [2.05, 4.69) is 37.4 Å². The number of hydrogen-bond donors (Lipinski definition) is 3. The van der Waals surface area contributed by atoms with Gasteiger partial charge >= 0.3 is 12.6 Å². The van der Waals surface area contributed by atoms with Gasteiger partial charge in [-0.1, -0.05) is 18.1 Å². The summed E-state index contributed by atoms with van der Waals surface area (Å²) in [7, 11) is 0. The van der Waals surface area contributed by atoms with Gasteiger partial charge in [-0.05, 0) is 37.3 Å². The van der Waals surface area contributed by atoms with Crippen LogP contribution in [0.5, 0.6) is 11.5 Å². The molecule has 0 atom stereocenters. The first-order valence-corrected chi connectivity index (χ1v) is 8.19. The molecule has 0 aliphatic rings. The molecule has 3 rings (SSSR count). The van der Waals surface area contributed by atoms with Gasteiger partial charge in [-0.25, -0.2) is 4.79 Å². The van der Waals surface area contributed by atoms with Crippen LogP contribution >= 0.6 is 0 Å². The second-order valence-electron chi connectivity index (χ2n) is 5.45. The molecule has 9 heteroatoms. The molecule has 0 radical (unpaired) electrons. The molecule has 3 aromatic rings. The Balaban J connectivity index is 1.74. The minimum atomic E-state index is -3.00. The van der Waals surface area contributed by atoms with Gasteiger partial charge in [0, 0.05) is 5.39 Å². The highest BCUT2D eigenvalue weighted by Gasteiger charge is 2.14. The number of urea groups is 1. The van der Waals surface area contributed by atoms with Crippen LogP contribution < -0.4 is 20.1 Å². The van der Waals surface area contributed by atoms with E-state index in [0.29, 0.717) is 16.7 Å². The van der Waals surface area contributed by atoms with Gasteiger partial charge < -0.3 is 14.8 Å². The van der Waals surface area contributed by atoms with Gasteiger partial charge in [-0.3, -0.25) is 10.4 Å². The first kappa shape index (κ1) is 19.0. The monoisotopic (exact) mass is 386 g/mol. The number of nitrogens with one attached hydrogen (secondary N) is 3. The largest absolute Gasteiger partial charge is 0.481 e. The molecule has 1 heterocycles. The van der Waals surface area contributed by atoms with E-state index in [-0.39, 0.29) is 23.9 Å². The van der Waals surface area contributed by atoms with Crippen molar-refractivity contribution in [2.45, 2.75) is 13.5 Å². The normalized spacial score (nSPS) is 10.3. The molecule has 28 heavy (non-hydrogen) atoms. The van der Waals surface area contributed by atoms with E-state index in [1.807, 2.05) is 0 Å². The maximum Gasteiger partial charge on any atom is 0.387 e. The average molecular weight is 386 g/mol. The molecule has 144 valence electrons. The van der Waals surface area contributed by atoms with Gasteiger partial charge in [-0.15, -0.1) is 5.92 Å². The van der Waals surface area contributed by atoms with Gasteiger partial charge in [0.1, 0.15) is 18.1 Å². The number of rotatable bonds is 6. The molecule has 0 unspecified atom stereocenters. The molecule has 7 nitrogen and oxygen atoms in total. The van der Waals surface area contributed by atoms with Crippen molar-refractivity contribution in [3.8, 4) is 23.3 Å². The first-order valence-electron chi connectivity index (χ1n) is 8.19. The van der Waals surface area contributed by atoms with Crippen molar-refractivity contribution in [1.29, 1.82) is 0 Å². The third-order valence-corrected chi connectivity index (χ3v) is 3.61. The van der Waals surface area contributed by atoms with Gasteiger partial charge in [0.05, 0.1) is 11.2 Å². The van der Waals surface area contributed by atoms with Crippen molar-refractivity contribution in [3.05, 3.63) is 42.5 Å². The smallest absolute Gasteiger partial charge is 0.387 e. The Hall–Kier alpha value is -3.80. The third kappa shape index (κ3) is 4.67. The fourth-order valence-electron chi connectivity index (χ4n) is 2.40. The van der Waals surface area contributed by atoms with Crippen molar-refractivity contribution in [2.24, 2.45) is 0 Å². The van der Waals surface area contributed by atoms with Crippen LogP contribution in [-0.2, 0) is 0 Å². The molecule has 3 N–H and O–H groups in total. The highest BCUT2D eigenvalue weighted by molar-refractivity contribution is 6.05. The SMILES string of the molecule is CC#CCOc1ccc2[nH]nc(NC(=O)Nc3ccccc3OC(F)F)c2c1. The predicted octanol–water partition coefficient (Wildman–Crippen LogP) is 4.21. The van der Waals surface area contributed by atoms with Crippen molar-refractivity contribution >= 4 is 28.4 Å². The van der Waals surface area contributed by atoms with Crippen LogP contribution in [0.3, 0.4) is 0 Å². The van der Waals surface area contributed by atoms with Crippen LogP contribution in [-0.4, -0.2) is 29.4 Å². The number of H-pyrrole nitrogens is 1. The first-order chi connectivity index (χ1) is 13.6. The summed E-state index contributed by atoms with van der Waals surface area (Å²) in [6.07, 6.45) is 0. The second kappa shape index (κ2) is 8.73. The van der Waals surface area contributed by atoms with Crippen LogP contribution in [0.15, 0.2) is 42.5 Å². The lowest BCUT2D eigenvalue weighted by Gasteiger charge is -2.11. The Morgan fingerprint density at radius 1 is 1.25 bits per heavy atom. The quantitative estimate of drug-likeness (QED) is 0.554. The Bertz CT molecular complexity index is 1040. The second-order valence-corrected chi connectivity index (χ2v) is 5.45. The van der Waals surface area contributed by atoms with E-state index in [0.717, 1.165) is 0 Å². The Morgan fingerprint density at radius 2 is 2.07 bits per heavy atom. The molecule has 0 aliphatic heterocycles. The Kier molecular flexibility index (Phi) is 5.91. The number of halogens is 2. The summed E-state index contributed by atoms with van der Waals surface area (Å²) in [6.45, 7) is -1.05. The number of hydrogen-bond acceptors (Lipinski definition) is 4. The molecule has 0 saturated heterocycles. The Labute approximate surface area is 159 Å². The van der Waals surface area contributed by atoms with Crippen LogP contribution in [0.2, 0.25) is 0 Å². The number of alkyl halides is 2. The number of ether oxygens (including phenoxy) is 2. The fourth-order valence-corrected chi connectivity index (χ4v) is 2.40. The minimum absolute atomic E-state index is 0.0994. The minimum Gasteiger partial charge on any atom is -0.481 e. The molecule has 1 aromatic heterocycles. The zero-order valence-electron chi connectivity index (χ0n) is 14.8. The molecule has 0 aliphatic carbocycles. The molecule has 0 spiro atoms.